The average molecular weight is 226 g/mol. The number of nitrogens with one attached hydrogen (secondary N) is 1. The predicted octanol–water partition coefficient (Wildman–Crippen LogP) is 0.623. The van der Waals surface area contributed by atoms with Crippen LogP contribution in [-0.2, 0) is 9.53 Å². The summed E-state index contributed by atoms with van der Waals surface area (Å²) < 4.78 is 5.11. The molecule has 0 aromatic heterocycles. The highest BCUT2D eigenvalue weighted by Gasteiger charge is 2.39. The molecule has 2 aliphatic heterocycles. The zero-order valence-corrected chi connectivity index (χ0v) is 10.3. The monoisotopic (exact) mass is 226 g/mol. The Morgan fingerprint density at radius 2 is 2.31 bits per heavy atom. The molecule has 1 amide bonds. The summed E-state index contributed by atoms with van der Waals surface area (Å²) in [4.78, 5) is 14.0. The summed E-state index contributed by atoms with van der Waals surface area (Å²) in [6.07, 6.45) is 3.29. The summed E-state index contributed by atoms with van der Waals surface area (Å²) in [7, 11) is 1.60. The van der Waals surface area contributed by atoms with Crippen LogP contribution >= 0.6 is 0 Å². The second-order valence-corrected chi connectivity index (χ2v) is 5.17. The predicted molar refractivity (Wildman–Crippen MR) is 62.2 cm³/mol. The maximum absolute atomic E-state index is 12.0. The van der Waals surface area contributed by atoms with E-state index in [0.29, 0.717) is 5.41 Å². The van der Waals surface area contributed by atoms with Gasteiger partial charge >= 0.3 is 0 Å². The highest BCUT2D eigenvalue weighted by molar-refractivity contribution is 5.80. The fourth-order valence-electron chi connectivity index (χ4n) is 2.90. The number of nitrogens with zero attached hydrogens (tertiary/aromatic N) is 1. The first-order chi connectivity index (χ1) is 7.67. The number of hydrogen-bond donors (Lipinski definition) is 1. The number of likely N-dealkylation sites (tertiary alicyclic amines) is 1. The van der Waals surface area contributed by atoms with Gasteiger partial charge in [-0.1, -0.05) is 0 Å². The third-order valence-corrected chi connectivity index (χ3v) is 4.01. The molecule has 1 spiro atoms. The van der Waals surface area contributed by atoms with E-state index in [1.54, 1.807) is 7.11 Å². The lowest BCUT2D eigenvalue weighted by molar-refractivity contribution is -0.144. The van der Waals surface area contributed by atoms with Gasteiger partial charge < -0.3 is 15.0 Å². The quantitative estimate of drug-likeness (QED) is 0.750. The molecule has 0 aromatic carbocycles. The molecule has 92 valence electrons. The van der Waals surface area contributed by atoms with Crippen molar-refractivity contribution in [2.45, 2.75) is 32.3 Å². The largest absolute Gasteiger partial charge is 0.372 e. The zero-order valence-electron chi connectivity index (χ0n) is 10.3. The van der Waals surface area contributed by atoms with Gasteiger partial charge in [0.15, 0.2) is 0 Å². The summed E-state index contributed by atoms with van der Waals surface area (Å²) in [5, 5.41) is 3.42. The molecule has 2 unspecified atom stereocenters. The van der Waals surface area contributed by atoms with Gasteiger partial charge in [0, 0.05) is 32.2 Å². The van der Waals surface area contributed by atoms with Crippen molar-refractivity contribution in [1.29, 1.82) is 0 Å². The Bertz CT molecular complexity index is 262. The van der Waals surface area contributed by atoms with E-state index in [9.17, 15) is 4.79 Å². The molecule has 4 heteroatoms. The van der Waals surface area contributed by atoms with Crippen LogP contribution in [0.4, 0.5) is 0 Å². The van der Waals surface area contributed by atoms with Crippen molar-refractivity contribution >= 4 is 5.91 Å². The molecule has 2 aliphatic rings. The van der Waals surface area contributed by atoms with Crippen molar-refractivity contribution < 1.29 is 9.53 Å². The second-order valence-electron chi connectivity index (χ2n) is 5.17. The average Bonchev–Trinajstić information content (AvgIpc) is 2.75. The number of ether oxygens (including phenoxy) is 1. The van der Waals surface area contributed by atoms with Crippen molar-refractivity contribution in [1.82, 2.24) is 10.2 Å². The number of carbonyl (C=O) groups is 1. The van der Waals surface area contributed by atoms with Crippen molar-refractivity contribution in [3.63, 3.8) is 0 Å². The molecule has 1 N–H and O–H groups in total. The Hall–Kier alpha value is -0.610. The van der Waals surface area contributed by atoms with Crippen LogP contribution in [0.2, 0.25) is 0 Å². The number of carbonyl (C=O) groups excluding carboxylic acids is 1. The minimum Gasteiger partial charge on any atom is -0.372 e. The second kappa shape index (κ2) is 4.72. The topological polar surface area (TPSA) is 41.6 Å². The van der Waals surface area contributed by atoms with Gasteiger partial charge in [0.1, 0.15) is 6.10 Å². The Morgan fingerprint density at radius 1 is 1.50 bits per heavy atom. The SMILES string of the molecule is COC(C)C(=O)N1CCCC2(CCNC2)C1. The first-order valence-corrected chi connectivity index (χ1v) is 6.19. The summed E-state index contributed by atoms with van der Waals surface area (Å²) in [5.74, 6) is 0.147. The normalized spacial score (nSPS) is 32.0. The van der Waals surface area contributed by atoms with Gasteiger partial charge in [0.2, 0.25) is 0 Å². The van der Waals surface area contributed by atoms with Gasteiger partial charge in [-0.3, -0.25) is 4.79 Å². The Morgan fingerprint density at radius 3 is 2.94 bits per heavy atom. The van der Waals surface area contributed by atoms with Crippen LogP contribution < -0.4 is 5.32 Å². The molecule has 2 atom stereocenters. The lowest BCUT2D eigenvalue weighted by Gasteiger charge is -2.40. The maximum Gasteiger partial charge on any atom is 0.251 e. The molecule has 2 rings (SSSR count). The number of rotatable bonds is 2. The van der Waals surface area contributed by atoms with E-state index < -0.39 is 0 Å². The van der Waals surface area contributed by atoms with E-state index in [4.69, 9.17) is 4.74 Å². The molecule has 2 saturated heterocycles. The van der Waals surface area contributed by atoms with Crippen LogP contribution in [0.3, 0.4) is 0 Å². The van der Waals surface area contributed by atoms with Crippen molar-refractivity contribution in [2.24, 2.45) is 5.41 Å². The van der Waals surface area contributed by atoms with E-state index in [-0.39, 0.29) is 12.0 Å². The molecule has 0 bridgehead atoms. The number of amides is 1. The molecule has 2 heterocycles. The molecule has 0 aromatic rings. The van der Waals surface area contributed by atoms with Crippen LogP contribution in [0.1, 0.15) is 26.2 Å². The minimum absolute atomic E-state index is 0.147. The molecular weight excluding hydrogens is 204 g/mol. The molecular formula is C12H22N2O2. The highest BCUT2D eigenvalue weighted by Crippen LogP contribution is 2.35. The molecule has 4 nitrogen and oxygen atoms in total. The fourth-order valence-corrected chi connectivity index (χ4v) is 2.90. The third kappa shape index (κ3) is 2.23. The van der Waals surface area contributed by atoms with Crippen molar-refractivity contribution in [3.05, 3.63) is 0 Å². The Kier molecular flexibility index (Phi) is 3.50. The van der Waals surface area contributed by atoms with Gasteiger partial charge in [-0.25, -0.2) is 0 Å². The standard InChI is InChI=1S/C12H22N2O2/c1-10(16-2)11(15)14-7-3-4-12(9-14)5-6-13-8-12/h10,13H,3-9H2,1-2H3. The molecule has 0 radical (unpaired) electrons. The smallest absolute Gasteiger partial charge is 0.251 e. The fraction of sp³-hybridized carbons (Fsp3) is 0.917. The number of piperidine rings is 1. The first kappa shape index (κ1) is 11.9. The Balaban J connectivity index is 1.98. The van der Waals surface area contributed by atoms with E-state index in [2.05, 4.69) is 5.32 Å². The summed E-state index contributed by atoms with van der Waals surface area (Å²) in [6.45, 7) is 5.80. The summed E-state index contributed by atoms with van der Waals surface area (Å²) in [5.41, 5.74) is 0.349. The van der Waals surface area contributed by atoms with E-state index in [0.717, 1.165) is 32.6 Å². The molecule has 0 aliphatic carbocycles. The number of methoxy groups -OCH3 is 1. The van der Waals surface area contributed by atoms with Gasteiger partial charge in [-0.05, 0) is 32.7 Å². The zero-order chi connectivity index (χ0) is 11.6. The van der Waals surface area contributed by atoms with Crippen LogP contribution in [0.25, 0.3) is 0 Å². The lowest BCUT2D eigenvalue weighted by Crippen LogP contribution is -2.50. The van der Waals surface area contributed by atoms with Crippen LogP contribution in [0.5, 0.6) is 0 Å². The van der Waals surface area contributed by atoms with E-state index >= 15 is 0 Å². The first-order valence-electron chi connectivity index (χ1n) is 6.19. The van der Waals surface area contributed by atoms with Gasteiger partial charge in [-0.15, -0.1) is 0 Å². The van der Waals surface area contributed by atoms with Crippen LogP contribution in [-0.4, -0.2) is 50.2 Å². The molecule has 2 fully saturated rings. The molecule has 16 heavy (non-hydrogen) atoms. The Labute approximate surface area is 97.3 Å². The molecule has 0 saturated carbocycles. The van der Waals surface area contributed by atoms with Gasteiger partial charge in [0.25, 0.3) is 5.91 Å². The van der Waals surface area contributed by atoms with E-state index in [1.807, 2.05) is 11.8 Å². The third-order valence-electron chi connectivity index (χ3n) is 4.01. The van der Waals surface area contributed by atoms with E-state index in [1.165, 1.54) is 12.8 Å². The van der Waals surface area contributed by atoms with Crippen LogP contribution in [0, 0.1) is 5.41 Å². The minimum atomic E-state index is -0.301. The van der Waals surface area contributed by atoms with Crippen molar-refractivity contribution in [2.75, 3.05) is 33.3 Å². The highest BCUT2D eigenvalue weighted by atomic mass is 16.5. The summed E-state index contributed by atoms with van der Waals surface area (Å²) in [6, 6.07) is 0. The van der Waals surface area contributed by atoms with Crippen LogP contribution in [0.15, 0.2) is 0 Å². The summed E-state index contributed by atoms with van der Waals surface area (Å²) >= 11 is 0. The van der Waals surface area contributed by atoms with Gasteiger partial charge in [0.05, 0.1) is 0 Å². The number of hydrogen-bond acceptors (Lipinski definition) is 3. The maximum atomic E-state index is 12.0. The van der Waals surface area contributed by atoms with Crippen molar-refractivity contribution in [3.8, 4) is 0 Å². The van der Waals surface area contributed by atoms with Gasteiger partial charge in [-0.2, -0.15) is 0 Å². The lowest BCUT2D eigenvalue weighted by atomic mass is 9.79.